The number of aromatic nitrogens is 3. The fourth-order valence-corrected chi connectivity index (χ4v) is 3.37. The predicted molar refractivity (Wildman–Crippen MR) is 99.2 cm³/mol. The summed E-state index contributed by atoms with van der Waals surface area (Å²) in [4.78, 5) is 12.3. The minimum atomic E-state index is 0.0854. The van der Waals surface area contributed by atoms with Crippen LogP contribution in [0.1, 0.15) is 17.3 Å². The molecule has 0 saturated carbocycles. The van der Waals surface area contributed by atoms with Gasteiger partial charge in [-0.2, -0.15) is 0 Å². The first-order valence-corrected chi connectivity index (χ1v) is 9.00. The lowest BCUT2D eigenvalue weighted by Crippen LogP contribution is -2.05. The standard InChI is InChI=1S/C19H19N3O2S/c1-3-22-18(15-9-11-16(24-2)12-10-15)20-21-19(22)25-13-17(23)14-7-5-4-6-8-14/h4-12H,3,13H2,1-2H3. The van der Waals surface area contributed by atoms with Gasteiger partial charge in [-0.3, -0.25) is 4.79 Å². The van der Waals surface area contributed by atoms with Crippen LogP contribution in [0.25, 0.3) is 11.4 Å². The van der Waals surface area contributed by atoms with Gasteiger partial charge in [0.25, 0.3) is 0 Å². The topological polar surface area (TPSA) is 57.0 Å². The lowest BCUT2D eigenvalue weighted by Gasteiger charge is -2.08. The molecule has 128 valence electrons. The maximum Gasteiger partial charge on any atom is 0.191 e. The summed E-state index contributed by atoms with van der Waals surface area (Å²) in [5.41, 5.74) is 1.68. The van der Waals surface area contributed by atoms with Crippen LogP contribution < -0.4 is 4.74 Å². The molecule has 0 aliphatic carbocycles. The van der Waals surface area contributed by atoms with Gasteiger partial charge in [0.2, 0.25) is 0 Å². The van der Waals surface area contributed by atoms with E-state index in [0.29, 0.717) is 11.3 Å². The number of benzene rings is 2. The van der Waals surface area contributed by atoms with Crippen molar-refractivity contribution in [3.63, 3.8) is 0 Å². The normalized spacial score (nSPS) is 10.6. The van der Waals surface area contributed by atoms with E-state index in [2.05, 4.69) is 10.2 Å². The highest BCUT2D eigenvalue weighted by Gasteiger charge is 2.15. The summed E-state index contributed by atoms with van der Waals surface area (Å²) in [6, 6.07) is 17.0. The van der Waals surface area contributed by atoms with E-state index in [9.17, 15) is 4.79 Å². The molecule has 25 heavy (non-hydrogen) atoms. The maximum absolute atomic E-state index is 12.3. The van der Waals surface area contributed by atoms with Crippen LogP contribution in [0.3, 0.4) is 0 Å². The van der Waals surface area contributed by atoms with Crippen LogP contribution in [0.4, 0.5) is 0 Å². The number of ketones is 1. The smallest absolute Gasteiger partial charge is 0.191 e. The second-order valence-electron chi connectivity index (χ2n) is 5.36. The van der Waals surface area contributed by atoms with Crippen LogP contribution in [0.2, 0.25) is 0 Å². The Hall–Kier alpha value is -2.60. The Balaban J connectivity index is 1.76. The zero-order chi connectivity index (χ0) is 17.6. The summed E-state index contributed by atoms with van der Waals surface area (Å²) < 4.78 is 7.21. The number of ether oxygens (including phenoxy) is 1. The van der Waals surface area contributed by atoms with Gasteiger partial charge < -0.3 is 9.30 Å². The lowest BCUT2D eigenvalue weighted by molar-refractivity contribution is 0.102. The van der Waals surface area contributed by atoms with E-state index in [1.807, 2.05) is 66.1 Å². The third-order valence-electron chi connectivity index (χ3n) is 3.81. The van der Waals surface area contributed by atoms with Gasteiger partial charge in [0.05, 0.1) is 12.9 Å². The molecule has 5 nitrogen and oxygen atoms in total. The monoisotopic (exact) mass is 353 g/mol. The predicted octanol–water partition coefficient (Wildman–Crippen LogP) is 3.95. The Morgan fingerprint density at radius 2 is 1.80 bits per heavy atom. The molecule has 0 spiro atoms. The number of methoxy groups -OCH3 is 1. The second kappa shape index (κ2) is 7.98. The minimum Gasteiger partial charge on any atom is -0.497 e. The first kappa shape index (κ1) is 17.2. The number of rotatable bonds is 7. The van der Waals surface area contributed by atoms with Crippen LogP contribution in [0, 0.1) is 0 Å². The number of Topliss-reactive ketones (excluding diaryl/α,β-unsaturated/α-hetero) is 1. The summed E-state index contributed by atoms with van der Waals surface area (Å²) in [5, 5.41) is 9.32. The maximum atomic E-state index is 12.3. The molecule has 0 radical (unpaired) electrons. The average Bonchev–Trinajstić information content (AvgIpc) is 3.09. The highest BCUT2D eigenvalue weighted by atomic mass is 32.2. The van der Waals surface area contributed by atoms with Gasteiger partial charge in [0, 0.05) is 17.7 Å². The van der Waals surface area contributed by atoms with Gasteiger partial charge in [-0.1, -0.05) is 42.1 Å². The number of hydrogen-bond donors (Lipinski definition) is 0. The van der Waals surface area contributed by atoms with Gasteiger partial charge in [-0.15, -0.1) is 10.2 Å². The minimum absolute atomic E-state index is 0.0854. The van der Waals surface area contributed by atoms with Gasteiger partial charge >= 0.3 is 0 Å². The Bertz CT molecular complexity index is 845. The molecule has 0 bridgehead atoms. The fourth-order valence-electron chi connectivity index (χ4n) is 2.47. The van der Waals surface area contributed by atoms with Crippen molar-refractivity contribution < 1.29 is 9.53 Å². The van der Waals surface area contributed by atoms with Crippen LogP contribution in [0.5, 0.6) is 5.75 Å². The van der Waals surface area contributed by atoms with Crippen LogP contribution >= 0.6 is 11.8 Å². The largest absolute Gasteiger partial charge is 0.497 e. The van der Waals surface area contributed by atoms with Crippen molar-refractivity contribution in [2.24, 2.45) is 0 Å². The van der Waals surface area contributed by atoms with E-state index in [1.54, 1.807) is 7.11 Å². The molecule has 3 rings (SSSR count). The van der Waals surface area contributed by atoms with Crippen molar-refractivity contribution in [2.45, 2.75) is 18.6 Å². The fraction of sp³-hybridized carbons (Fsp3) is 0.211. The SMILES string of the molecule is CCn1c(SCC(=O)c2ccccc2)nnc1-c1ccc(OC)cc1. The Labute approximate surface area is 151 Å². The molecule has 6 heteroatoms. The van der Waals surface area contributed by atoms with Gasteiger partial charge in [-0.05, 0) is 31.2 Å². The van der Waals surface area contributed by atoms with E-state index in [-0.39, 0.29) is 5.78 Å². The van der Waals surface area contributed by atoms with Crippen molar-refractivity contribution in [2.75, 3.05) is 12.9 Å². The van der Waals surface area contributed by atoms with Crippen molar-refractivity contribution >= 4 is 17.5 Å². The van der Waals surface area contributed by atoms with Crippen molar-refractivity contribution in [3.05, 3.63) is 60.2 Å². The number of hydrogen-bond acceptors (Lipinski definition) is 5. The molecule has 0 N–H and O–H groups in total. The Kier molecular flexibility index (Phi) is 5.50. The molecule has 0 fully saturated rings. The molecular weight excluding hydrogens is 334 g/mol. The molecule has 2 aromatic carbocycles. The van der Waals surface area contributed by atoms with Crippen LogP contribution in [-0.2, 0) is 6.54 Å². The first-order chi connectivity index (χ1) is 12.2. The summed E-state index contributed by atoms with van der Waals surface area (Å²) in [6.45, 7) is 2.77. The van der Waals surface area contributed by atoms with Crippen LogP contribution in [-0.4, -0.2) is 33.4 Å². The molecule has 0 saturated heterocycles. The number of carbonyl (C=O) groups excluding carboxylic acids is 1. The molecule has 0 aliphatic heterocycles. The summed E-state index contributed by atoms with van der Waals surface area (Å²) in [7, 11) is 1.64. The quantitative estimate of drug-likeness (QED) is 0.475. The molecule has 1 aromatic heterocycles. The van der Waals surface area contributed by atoms with E-state index < -0.39 is 0 Å². The molecule has 3 aromatic rings. The zero-order valence-electron chi connectivity index (χ0n) is 14.2. The van der Waals surface area contributed by atoms with E-state index in [4.69, 9.17) is 4.74 Å². The average molecular weight is 353 g/mol. The lowest BCUT2D eigenvalue weighted by atomic mass is 10.2. The van der Waals surface area contributed by atoms with Crippen molar-refractivity contribution in [1.82, 2.24) is 14.8 Å². The highest BCUT2D eigenvalue weighted by molar-refractivity contribution is 7.99. The third kappa shape index (κ3) is 3.91. The van der Waals surface area contributed by atoms with Gasteiger partial charge in [-0.25, -0.2) is 0 Å². The number of carbonyl (C=O) groups is 1. The molecular formula is C19H19N3O2S. The van der Waals surface area contributed by atoms with E-state index in [1.165, 1.54) is 11.8 Å². The Morgan fingerprint density at radius 3 is 2.44 bits per heavy atom. The summed E-state index contributed by atoms with van der Waals surface area (Å²) in [6.07, 6.45) is 0. The van der Waals surface area contributed by atoms with Gasteiger partial charge in [0.1, 0.15) is 5.75 Å². The summed E-state index contributed by atoms with van der Waals surface area (Å²) >= 11 is 1.41. The third-order valence-corrected chi connectivity index (χ3v) is 4.78. The Morgan fingerprint density at radius 1 is 1.08 bits per heavy atom. The number of nitrogens with zero attached hydrogens (tertiary/aromatic N) is 3. The molecule has 0 unspecified atom stereocenters. The second-order valence-corrected chi connectivity index (χ2v) is 6.30. The molecule has 0 aliphatic rings. The molecule has 0 atom stereocenters. The molecule has 0 amide bonds. The van der Waals surface area contributed by atoms with E-state index >= 15 is 0 Å². The number of thioether (sulfide) groups is 1. The van der Waals surface area contributed by atoms with Crippen molar-refractivity contribution in [3.8, 4) is 17.1 Å². The van der Waals surface area contributed by atoms with Crippen molar-refractivity contribution in [1.29, 1.82) is 0 Å². The first-order valence-electron chi connectivity index (χ1n) is 8.01. The van der Waals surface area contributed by atoms with E-state index in [0.717, 1.165) is 28.8 Å². The van der Waals surface area contributed by atoms with Gasteiger partial charge in [0.15, 0.2) is 16.8 Å². The van der Waals surface area contributed by atoms with Crippen LogP contribution in [0.15, 0.2) is 59.8 Å². The zero-order valence-corrected chi connectivity index (χ0v) is 15.0. The highest BCUT2D eigenvalue weighted by Crippen LogP contribution is 2.26. The molecule has 1 heterocycles. The summed E-state index contributed by atoms with van der Waals surface area (Å²) in [5.74, 6) is 2.02.